The number of furan rings is 3. The van der Waals surface area contributed by atoms with Gasteiger partial charge in [-0.3, -0.25) is 0 Å². The molecule has 17 aromatic rings. The first kappa shape index (κ1) is 53.8. The van der Waals surface area contributed by atoms with E-state index in [1.54, 1.807) is 0 Å². The molecular formula is C92H61NO3. The molecule has 14 aromatic carbocycles. The Kier molecular flexibility index (Phi) is 10.6. The molecule has 3 aromatic heterocycles. The molecular weight excluding hydrogens is 1170 g/mol. The van der Waals surface area contributed by atoms with Gasteiger partial charge in [-0.15, -0.1) is 0 Å². The van der Waals surface area contributed by atoms with E-state index in [1.165, 1.54) is 117 Å². The summed E-state index contributed by atoms with van der Waals surface area (Å²) in [6.45, 7) is 9.76. The van der Waals surface area contributed by atoms with Crippen LogP contribution in [0.4, 0.5) is 17.1 Å². The zero-order chi connectivity index (χ0) is 63.6. The van der Waals surface area contributed by atoms with Crippen molar-refractivity contribution in [3.63, 3.8) is 0 Å². The van der Waals surface area contributed by atoms with Crippen molar-refractivity contribution in [2.75, 3.05) is 4.90 Å². The van der Waals surface area contributed by atoms with Gasteiger partial charge in [0.1, 0.15) is 33.5 Å². The fourth-order valence-corrected chi connectivity index (χ4v) is 18.9. The third-order valence-electron chi connectivity index (χ3n) is 22.7. The minimum atomic E-state index is -0.795. The number of benzene rings is 14. The molecule has 0 fully saturated rings. The van der Waals surface area contributed by atoms with E-state index in [2.05, 4.69) is 330 Å². The summed E-state index contributed by atoms with van der Waals surface area (Å²) in [6, 6.07) is 111. The van der Waals surface area contributed by atoms with E-state index < -0.39 is 16.2 Å². The van der Waals surface area contributed by atoms with Crippen molar-refractivity contribution in [2.24, 2.45) is 0 Å². The maximum atomic E-state index is 7.13. The number of anilines is 3. The van der Waals surface area contributed by atoms with Crippen LogP contribution in [0.2, 0.25) is 0 Å². The average Bonchev–Trinajstić information content (AvgIpc) is 1.51. The number of hydrogen-bond acceptors (Lipinski definition) is 4. The molecule has 0 bridgehead atoms. The molecule has 0 aliphatic heterocycles. The fourth-order valence-electron chi connectivity index (χ4n) is 18.9. The van der Waals surface area contributed by atoms with Crippen LogP contribution >= 0.6 is 0 Å². The summed E-state index contributed by atoms with van der Waals surface area (Å²) in [7, 11) is 0. The Balaban J connectivity index is 0.850. The molecule has 0 spiro atoms. The maximum absolute atomic E-state index is 7.13. The van der Waals surface area contributed by atoms with Crippen LogP contribution in [0.5, 0.6) is 0 Å². The lowest BCUT2D eigenvalue weighted by Crippen LogP contribution is -2.30. The third kappa shape index (κ3) is 6.73. The van der Waals surface area contributed by atoms with Gasteiger partial charge in [0.05, 0.1) is 10.8 Å². The van der Waals surface area contributed by atoms with Crippen LogP contribution in [-0.4, -0.2) is 0 Å². The van der Waals surface area contributed by atoms with Gasteiger partial charge in [0, 0.05) is 65.8 Å². The summed E-state index contributed by atoms with van der Waals surface area (Å²) in [5, 5.41) is 6.74. The molecule has 0 radical (unpaired) electrons. The van der Waals surface area contributed by atoms with E-state index in [0.29, 0.717) is 0 Å². The van der Waals surface area contributed by atoms with Gasteiger partial charge in [0.2, 0.25) is 0 Å². The molecule has 96 heavy (non-hydrogen) atoms. The number of nitrogens with zero attached hydrogens (tertiary/aromatic N) is 1. The van der Waals surface area contributed by atoms with Gasteiger partial charge in [-0.25, -0.2) is 0 Å². The van der Waals surface area contributed by atoms with Crippen LogP contribution in [0.25, 0.3) is 110 Å². The third-order valence-corrected chi connectivity index (χ3v) is 22.7. The Bertz CT molecular complexity index is 6120. The van der Waals surface area contributed by atoms with Gasteiger partial charge < -0.3 is 18.2 Å². The van der Waals surface area contributed by atoms with E-state index >= 15 is 0 Å². The Morgan fingerprint density at radius 1 is 0.250 bits per heavy atom. The van der Waals surface area contributed by atoms with Crippen molar-refractivity contribution in [2.45, 2.75) is 49.4 Å². The summed E-state index contributed by atoms with van der Waals surface area (Å²) in [5.74, 6) is 0. The highest BCUT2D eigenvalue weighted by Gasteiger charge is 2.53. The van der Waals surface area contributed by atoms with E-state index in [-0.39, 0.29) is 5.41 Å². The molecule has 0 N–H and O–H groups in total. The van der Waals surface area contributed by atoms with Crippen LogP contribution in [0.3, 0.4) is 0 Å². The van der Waals surface area contributed by atoms with E-state index in [1.807, 2.05) is 0 Å². The van der Waals surface area contributed by atoms with Crippen LogP contribution in [0.15, 0.2) is 311 Å². The Hall–Kier alpha value is -11.7. The van der Waals surface area contributed by atoms with E-state index in [0.717, 1.165) is 77.5 Å². The average molecular weight is 1230 g/mol. The van der Waals surface area contributed by atoms with Crippen LogP contribution in [-0.2, 0) is 21.7 Å². The second-order valence-corrected chi connectivity index (χ2v) is 28.0. The predicted molar refractivity (Wildman–Crippen MR) is 393 cm³/mol. The van der Waals surface area contributed by atoms with Crippen LogP contribution in [0.1, 0.15) is 94.5 Å². The fraction of sp³-hybridized carbons (Fsp3) is 0.0870. The summed E-state index contributed by atoms with van der Waals surface area (Å²) >= 11 is 0. The number of hydrogen-bond donors (Lipinski definition) is 0. The van der Waals surface area contributed by atoms with E-state index in [9.17, 15) is 0 Å². The van der Waals surface area contributed by atoms with Crippen LogP contribution in [0, 0.1) is 0 Å². The molecule has 4 aliphatic carbocycles. The Morgan fingerprint density at radius 3 is 1.33 bits per heavy atom. The SMILES string of the molecule is CC1(C)c2ccccc2-c2c1c1c(c3c2oc2ccccc23)-c2ccc(N(c3ccc4c(c3)C(c3ccccc3)(c3ccccc3)c3cc5c(cc3-4)C(c3ccccc3)(c3ccccc3)c3ccc4oc6ccccc6c4c3-5)c3ccc4oc5ccccc5c4c3)cc2C1(C)C. The molecule has 0 unspecified atom stereocenters. The van der Waals surface area contributed by atoms with Gasteiger partial charge in [-0.2, -0.15) is 0 Å². The van der Waals surface area contributed by atoms with Crippen molar-refractivity contribution in [1.82, 2.24) is 0 Å². The molecule has 0 saturated heterocycles. The molecule has 3 heterocycles. The lowest BCUT2D eigenvalue weighted by molar-refractivity contribution is 0.600. The number of rotatable bonds is 7. The standard InChI is InChI=1S/C92H61NO3/c1-89(2)70-37-21-17-34-63(70)85-87(89)86-83(84-66-36-20-24-40-78(66)96-88(84)85)64-45-42-59(50-72(64)90(86,3)4)93(58-43-47-79-68(49-58)62-33-18-22-38-76(62)94-79)60-41-44-61-67-52-75-69(53-74(67)92(73(61)51-60,56-29-13-7-14-30-56)57-31-15-8-16-32-57)81-71(46-48-80-82(81)65-35-19-23-39-77(65)95-80)91(75,54-25-9-5-10-26-54)55-27-11-6-12-28-55/h5-53H,1-4H3. The van der Waals surface area contributed by atoms with Gasteiger partial charge in [0.25, 0.3) is 0 Å². The molecule has 0 atom stereocenters. The molecule has 4 nitrogen and oxygen atoms in total. The Labute approximate surface area is 555 Å². The van der Waals surface area contributed by atoms with Crippen molar-refractivity contribution >= 4 is 82.9 Å². The van der Waals surface area contributed by atoms with Gasteiger partial charge in [-0.05, 0) is 185 Å². The molecule has 4 heteroatoms. The zero-order valence-corrected chi connectivity index (χ0v) is 53.5. The monoisotopic (exact) mass is 1230 g/mol. The summed E-state index contributed by atoms with van der Waals surface area (Å²) < 4.78 is 20.6. The Morgan fingerprint density at radius 2 is 0.677 bits per heavy atom. The zero-order valence-electron chi connectivity index (χ0n) is 53.5. The molecule has 0 amide bonds. The van der Waals surface area contributed by atoms with Crippen molar-refractivity contribution in [3.8, 4) is 44.5 Å². The minimum absolute atomic E-state index is 0.292. The van der Waals surface area contributed by atoms with Gasteiger partial charge >= 0.3 is 0 Å². The summed E-state index contributed by atoms with van der Waals surface area (Å²) in [6.07, 6.45) is 0. The first-order valence-electron chi connectivity index (χ1n) is 33.6. The van der Waals surface area contributed by atoms with Gasteiger partial charge in [0.15, 0.2) is 0 Å². The molecule has 21 rings (SSSR count). The van der Waals surface area contributed by atoms with Gasteiger partial charge in [-0.1, -0.05) is 246 Å². The number of para-hydroxylation sites is 3. The van der Waals surface area contributed by atoms with Crippen LogP contribution < -0.4 is 4.90 Å². The second kappa shape index (κ2) is 19.0. The largest absolute Gasteiger partial charge is 0.456 e. The normalized spacial score (nSPS) is 15.2. The van der Waals surface area contributed by atoms with Crippen molar-refractivity contribution in [3.05, 3.63) is 364 Å². The smallest absolute Gasteiger partial charge is 0.144 e. The highest BCUT2D eigenvalue weighted by molar-refractivity contribution is 6.21. The lowest BCUT2D eigenvalue weighted by atomic mass is 9.66. The second-order valence-electron chi connectivity index (χ2n) is 28.0. The van der Waals surface area contributed by atoms with Crippen molar-refractivity contribution < 1.29 is 13.3 Å². The molecule has 0 saturated carbocycles. The minimum Gasteiger partial charge on any atom is -0.456 e. The first-order valence-corrected chi connectivity index (χ1v) is 33.6. The summed E-state index contributed by atoms with van der Waals surface area (Å²) in [5.41, 5.74) is 31.3. The highest BCUT2D eigenvalue weighted by Crippen LogP contribution is 2.67. The van der Waals surface area contributed by atoms with E-state index in [4.69, 9.17) is 13.3 Å². The first-order chi connectivity index (χ1) is 47.1. The van der Waals surface area contributed by atoms with Crippen molar-refractivity contribution in [1.29, 1.82) is 0 Å². The topological polar surface area (TPSA) is 42.7 Å². The lowest BCUT2D eigenvalue weighted by Gasteiger charge is -2.36. The molecule has 452 valence electrons. The summed E-state index contributed by atoms with van der Waals surface area (Å²) in [4.78, 5) is 2.52. The maximum Gasteiger partial charge on any atom is 0.144 e. The molecule has 4 aliphatic rings. The quantitative estimate of drug-likeness (QED) is 0.159. The number of fused-ring (bicyclic) bond motifs is 25. The highest BCUT2D eigenvalue weighted by atomic mass is 16.3. The predicted octanol–water partition coefficient (Wildman–Crippen LogP) is 24.2.